The van der Waals surface area contributed by atoms with Crippen LogP contribution >= 0.6 is 0 Å². The van der Waals surface area contributed by atoms with Crippen LogP contribution in [-0.4, -0.2) is 29.7 Å². The molecule has 7 heteroatoms. The lowest BCUT2D eigenvalue weighted by Crippen LogP contribution is -2.95. The minimum absolute atomic E-state index is 0.00123. The molecule has 25 heavy (non-hydrogen) atoms. The third kappa shape index (κ3) is 4.72. The second-order valence-corrected chi connectivity index (χ2v) is 8.11. The first-order chi connectivity index (χ1) is 11.5. The molecule has 2 aromatic rings. The van der Waals surface area contributed by atoms with Crippen molar-refractivity contribution in [3.8, 4) is 11.5 Å². The third-order valence-electron chi connectivity index (χ3n) is 4.27. The molecule has 1 aliphatic heterocycles. The molecular weight excluding hydrogens is 342 g/mol. The van der Waals surface area contributed by atoms with E-state index in [0.717, 1.165) is 29.7 Å². The van der Waals surface area contributed by atoms with E-state index in [0.29, 0.717) is 0 Å². The molecule has 0 bridgehead atoms. The quantitative estimate of drug-likeness (QED) is 0.521. The number of phenolic OH excluding ortho intramolecular Hbond substituents is 2. The lowest BCUT2D eigenvalue weighted by molar-refractivity contribution is -0.732. The zero-order valence-corrected chi connectivity index (χ0v) is 15.3. The standard InChI is InChI=1S/C11H15NO2.C7H8O3S/c1-11(2)8-6-10(14)9(13)5-7(8)3-4-12-11;1-6-2-4-7(5-3-6)11(8,9)10/h5-6,12-14H,3-4H2,1-2H3;2-5H,1H3,(H,8,9,10). The molecule has 0 fully saturated rings. The zero-order chi connectivity index (χ0) is 18.8. The molecule has 0 radical (unpaired) electrons. The Morgan fingerprint density at radius 2 is 1.64 bits per heavy atom. The fourth-order valence-electron chi connectivity index (χ4n) is 2.83. The Morgan fingerprint density at radius 3 is 2.20 bits per heavy atom. The van der Waals surface area contributed by atoms with Gasteiger partial charge in [0.15, 0.2) is 11.5 Å². The van der Waals surface area contributed by atoms with E-state index in [1.165, 1.54) is 12.1 Å². The highest BCUT2D eigenvalue weighted by Crippen LogP contribution is 2.33. The molecule has 2 aromatic carbocycles. The van der Waals surface area contributed by atoms with Gasteiger partial charge >= 0.3 is 0 Å². The Balaban J connectivity index is 0.000000186. The maximum Gasteiger partial charge on any atom is 0.157 e. The summed E-state index contributed by atoms with van der Waals surface area (Å²) >= 11 is 0. The second-order valence-electron chi connectivity index (χ2n) is 6.73. The third-order valence-corrected chi connectivity index (χ3v) is 5.12. The highest BCUT2D eigenvalue weighted by Gasteiger charge is 2.31. The summed E-state index contributed by atoms with van der Waals surface area (Å²) in [6, 6.07) is 9.14. The summed E-state index contributed by atoms with van der Waals surface area (Å²) in [6.45, 7) is 7.11. The Bertz CT molecular complexity index is 858. The van der Waals surface area contributed by atoms with E-state index in [-0.39, 0.29) is 21.9 Å². The molecule has 0 saturated carbocycles. The lowest BCUT2D eigenvalue weighted by Gasteiger charge is -2.30. The average molecular weight is 365 g/mol. The van der Waals surface area contributed by atoms with E-state index in [1.54, 1.807) is 24.3 Å². The Kier molecular flexibility index (Phi) is 5.41. The van der Waals surface area contributed by atoms with Crippen molar-refractivity contribution in [1.82, 2.24) is 0 Å². The van der Waals surface area contributed by atoms with Crippen LogP contribution in [0.1, 0.15) is 30.5 Å². The molecule has 0 spiro atoms. The van der Waals surface area contributed by atoms with Gasteiger partial charge in [-0.1, -0.05) is 17.7 Å². The molecule has 0 aromatic heterocycles. The number of aryl methyl sites for hydroxylation is 1. The highest BCUT2D eigenvalue weighted by molar-refractivity contribution is 7.85. The van der Waals surface area contributed by atoms with Gasteiger partial charge in [-0.3, -0.25) is 0 Å². The molecule has 136 valence electrons. The smallest absolute Gasteiger partial charge is 0.157 e. The molecule has 0 saturated heterocycles. The van der Waals surface area contributed by atoms with Gasteiger partial charge in [0.05, 0.1) is 11.4 Å². The summed E-state index contributed by atoms with van der Waals surface area (Å²) in [4.78, 5) is -0.178. The number of hydrogen-bond acceptors (Lipinski definition) is 5. The Hall–Kier alpha value is -2.09. The Morgan fingerprint density at radius 1 is 1.08 bits per heavy atom. The van der Waals surface area contributed by atoms with E-state index < -0.39 is 10.1 Å². The van der Waals surface area contributed by atoms with Crippen LogP contribution in [0.5, 0.6) is 11.5 Å². The van der Waals surface area contributed by atoms with Crippen LogP contribution < -0.4 is 5.32 Å². The zero-order valence-electron chi connectivity index (χ0n) is 14.5. The van der Waals surface area contributed by atoms with Crippen molar-refractivity contribution in [2.75, 3.05) is 6.54 Å². The van der Waals surface area contributed by atoms with Crippen molar-refractivity contribution in [2.24, 2.45) is 0 Å². The predicted molar refractivity (Wildman–Crippen MR) is 92.4 cm³/mol. The first-order valence-electron chi connectivity index (χ1n) is 7.93. The monoisotopic (exact) mass is 365 g/mol. The van der Waals surface area contributed by atoms with Crippen molar-refractivity contribution < 1.29 is 28.5 Å². The number of quaternary nitrogens is 1. The molecule has 1 aliphatic rings. The van der Waals surface area contributed by atoms with Gasteiger partial charge in [0.2, 0.25) is 0 Å². The van der Waals surface area contributed by atoms with Crippen LogP contribution in [-0.2, 0) is 22.1 Å². The summed E-state index contributed by atoms with van der Waals surface area (Å²) in [7, 11) is -4.27. The first kappa shape index (κ1) is 19.2. The number of phenols is 2. The van der Waals surface area contributed by atoms with E-state index in [9.17, 15) is 23.2 Å². The molecular formula is C18H23NO5S. The Labute approximate surface area is 147 Å². The number of aromatic hydroxyl groups is 2. The second kappa shape index (κ2) is 7.03. The van der Waals surface area contributed by atoms with Crippen LogP contribution in [0.3, 0.4) is 0 Å². The minimum Gasteiger partial charge on any atom is -0.744 e. The lowest BCUT2D eigenvalue weighted by atomic mass is 9.85. The number of nitrogens with two attached hydrogens (primary N) is 1. The van der Waals surface area contributed by atoms with Gasteiger partial charge in [-0.25, -0.2) is 8.42 Å². The molecule has 0 unspecified atom stereocenters. The maximum absolute atomic E-state index is 10.4. The van der Waals surface area contributed by atoms with Gasteiger partial charge in [-0.2, -0.15) is 0 Å². The van der Waals surface area contributed by atoms with E-state index in [4.69, 9.17) is 0 Å². The number of fused-ring (bicyclic) bond motifs is 1. The first-order valence-corrected chi connectivity index (χ1v) is 9.34. The van der Waals surface area contributed by atoms with Crippen LogP contribution in [0.15, 0.2) is 41.3 Å². The summed E-state index contributed by atoms with van der Waals surface area (Å²) in [5.74, 6) is -0.0337. The van der Waals surface area contributed by atoms with Gasteiger partial charge in [0.1, 0.15) is 15.7 Å². The fourth-order valence-corrected chi connectivity index (χ4v) is 3.30. The molecule has 3 rings (SSSR count). The minimum atomic E-state index is -4.27. The number of benzene rings is 2. The molecule has 0 atom stereocenters. The number of hydrogen-bond donors (Lipinski definition) is 3. The van der Waals surface area contributed by atoms with Crippen molar-refractivity contribution in [1.29, 1.82) is 0 Å². The van der Waals surface area contributed by atoms with Crippen molar-refractivity contribution in [3.05, 3.63) is 53.1 Å². The van der Waals surface area contributed by atoms with E-state index in [1.807, 2.05) is 6.92 Å². The van der Waals surface area contributed by atoms with E-state index in [2.05, 4.69) is 19.2 Å². The van der Waals surface area contributed by atoms with Gasteiger partial charge in [0, 0.05) is 12.0 Å². The van der Waals surface area contributed by atoms with E-state index >= 15 is 0 Å². The highest BCUT2D eigenvalue weighted by atomic mass is 32.2. The molecule has 4 N–H and O–H groups in total. The van der Waals surface area contributed by atoms with Gasteiger partial charge in [-0.05, 0) is 50.6 Å². The van der Waals surface area contributed by atoms with Gasteiger partial charge < -0.3 is 20.1 Å². The molecule has 0 amide bonds. The number of rotatable bonds is 1. The summed E-state index contributed by atoms with van der Waals surface area (Å²) < 4.78 is 31.2. The topological polar surface area (TPSA) is 114 Å². The molecule has 0 aliphatic carbocycles. The SMILES string of the molecule is CC1(C)[NH2+]CCc2cc(O)c(O)cc21.Cc1ccc(S(=O)(=O)[O-])cc1. The van der Waals surface area contributed by atoms with Crippen LogP contribution in [0, 0.1) is 6.92 Å². The normalized spacial score (nSPS) is 15.7. The fraction of sp³-hybridized carbons (Fsp3) is 0.333. The summed E-state index contributed by atoms with van der Waals surface area (Å²) in [5.41, 5.74) is 3.20. The maximum atomic E-state index is 10.4. The summed E-state index contributed by atoms with van der Waals surface area (Å²) in [5, 5.41) is 21.1. The average Bonchev–Trinajstić information content (AvgIpc) is 2.49. The predicted octanol–water partition coefficient (Wildman–Crippen LogP) is 1.35. The van der Waals surface area contributed by atoms with Crippen LogP contribution in [0.2, 0.25) is 0 Å². The molecule has 6 nitrogen and oxygen atoms in total. The van der Waals surface area contributed by atoms with Crippen molar-refractivity contribution in [2.45, 2.75) is 37.6 Å². The van der Waals surface area contributed by atoms with Crippen LogP contribution in [0.25, 0.3) is 0 Å². The molecule has 1 heterocycles. The largest absolute Gasteiger partial charge is 0.744 e. The van der Waals surface area contributed by atoms with Gasteiger partial charge in [0.25, 0.3) is 0 Å². The van der Waals surface area contributed by atoms with Crippen molar-refractivity contribution in [3.63, 3.8) is 0 Å². The van der Waals surface area contributed by atoms with Gasteiger partial charge in [-0.15, -0.1) is 0 Å². The van der Waals surface area contributed by atoms with Crippen molar-refractivity contribution >= 4 is 10.1 Å². The van der Waals surface area contributed by atoms with Crippen LogP contribution in [0.4, 0.5) is 0 Å². The summed E-state index contributed by atoms with van der Waals surface area (Å²) in [6.07, 6.45) is 0.951.